The van der Waals surface area contributed by atoms with Crippen LogP contribution >= 0.6 is 0 Å². The van der Waals surface area contributed by atoms with E-state index in [9.17, 15) is 10.1 Å². The number of nitrogens with two attached hydrogens (primary N) is 1. The zero-order valence-corrected chi connectivity index (χ0v) is 5.39. The van der Waals surface area contributed by atoms with Crippen molar-refractivity contribution in [3.63, 3.8) is 0 Å². The standard InChI is InChI=1S/C4H5N5O2/c5-8-4-3(9(10)11)1-6-2-7-4/h1-2H,5H2,(H,6,7,8). The second-order valence-electron chi connectivity index (χ2n) is 1.66. The first-order valence-electron chi connectivity index (χ1n) is 2.66. The van der Waals surface area contributed by atoms with Gasteiger partial charge in [-0.25, -0.2) is 15.8 Å². The van der Waals surface area contributed by atoms with Crippen molar-refractivity contribution in [2.75, 3.05) is 5.43 Å². The predicted octanol–water partition coefficient (Wildman–Crippen LogP) is -0.330. The van der Waals surface area contributed by atoms with Crippen LogP contribution in [-0.2, 0) is 0 Å². The molecule has 11 heavy (non-hydrogen) atoms. The number of nitro groups is 1. The summed E-state index contributed by atoms with van der Waals surface area (Å²) in [5.74, 6) is 4.95. The fraction of sp³-hybridized carbons (Fsp3) is 0. The molecule has 0 amide bonds. The highest BCUT2D eigenvalue weighted by Gasteiger charge is 2.12. The number of nitrogen functional groups attached to an aromatic ring is 1. The largest absolute Gasteiger partial charge is 0.330 e. The molecule has 3 N–H and O–H groups in total. The summed E-state index contributed by atoms with van der Waals surface area (Å²) in [4.78, 5) is 16.6. The molecule has 1 heterocycles. The van der Waals surface area contributed by atoms with Crippen LogP contribution in [0.15, 0.2) is 12.5 Å². The molecule has 7 nitrogen and oxygen atoms in total. The van der Waals surface area contributed by atoms with Crippen molar-refractivity contribution < 1.29 is 4.92 Å². The Bertz CT molecular complexity index is 275. The molecule has 0 unspecified atom stereocenters. The monoisotopic (exact) mass is 155 g/mol. The Labute approximate surface area is 61.4 Å². The summed E-state index contributed by atoms with van der Waals surface area (Å²) in [6.45, 7) is 0. The summed E-state index contributed by atoms with van der Waals surface area (Å²) < 4.78 is 0. The first-order chi connectivity index (χ1) is 5.25. The van der Waals surface area contributed by atoms with E-state index >= 15 is 0 Å². The van der Waals surface area contributed by atoms with Gasteiger partial charge in [-0.1, -0.05) is 0 Å². The third-order valence-corrected chi connectivity index (χ3v) is 1.03. The summed E-state index contributed by atoms with van der Waals surface area (Å²) in [5.41, 5.74) is 1.84. The third kappa shape index (κ3) is 1.38. The number of nitrogens with zero attached hydrogens (tertiary/aromatic N) is 3. The van der Waals surface area contributed by atoms with Crippen LogP contribution in [0.3, 0.4) is 0 Å². The fourth-order valence-electron chi connectivity index (χ4n) is 0.567. The molecule has 7 heteroatoms. The molecule has 0 spiro atoms. The average Bonchev–Trinajstić information content (AvgIpc) is 2.04. The molecule has 0 aliphatic heterocycles. The highest BCUT2D eigenvalue weighted by Crippen LogP contribution is 2.16. The van der Waals surface area contributed by atoms with Crippen LogP contribution < -0.4 is 11.3 Å². The molecule has 0 aliphatic carbocycles. The van der Waals surface area contributed by atoms with Crippen LogP contribution in [0, 0.1) is 10.1 Å². The summed E-state index contributed by atoms with van der Waals surface area (Å²) in [7, 11) is 0. The first-order valence-corrected chi connectivity index (χ1v) is 2.66. The van der Waals surface area contributed by atoms with Gasteiger partial charge in [0.2, 0.25) is 5.82 Å². The van der Waals surface area contributed by atoms with E-state index in [4.69, 9.17) is 5.84 Å². The molecule has 0 fully saturated rings. The van der Waals surface area contributed by atoms with Gasteiger partial charge < -0.3 is 5.43 Å². The molecule has 0 bridgehead atoms. The van der Waals surface area contributed by atoms with Gasteiger partial charge in [-0.2, -0.15) is 0 Å². The average molecular weight is 155 g/mol. The van der Waals surface area contributed by atoms with Crippen molar-refractivity contribution in [1.29, 1.82) is 0 Å². The van der Waals surface area contributed by atoms with Crippen LogP contribution in [0.5, 0.6) is 0 Å². The Balaban J connectivity index is 3.12. The Morgan fingerprint density at radius 2 is 2.45 bits per heavy atom. The molecule has 58 valence electrons. The number of hydrogen-bond donors (Lipinski definition) is 2. The van der Waals surface area contributed by atoms with Gasteiger partial charge >= 0.3 is 5.69 Å². The lowest BCUT2D eigenvalue weighted by atomic mass is 10.5. The van der Waals surface area contributed by atoms with E-state index < -0.39 is 4.92 Å². The van der Waals surface area contributed by atoms with Crippen LogP contribution in [0.25, 0.3) is 0 Å². The molecule has 1 rings (SSSR count). The maximum Gasteiger partial charge on any atom is 0.330 e. The van der Waals surface area contributed by atoms with Crippen LogP contribution in [0.2, 0.25) is 0 Å². The number of hydrogen-bond acceptors (Lipinski definition) is 6. The summed E-state index contributed by atoms with van der Waals surface area (Å²) in [6.07, 6.45) is 2.24. The van der Waals surface area contributed by atoms with E-state index in [1.165, 1.54) is 6.33 Å². The Hall–Kier alpha value is -1.76. The van der Waals surface area contributed by atoms with E-state index in [1.807, 2.05) is 0 Å². The van der Waals surface area contributed by atoms with E-state index in [0.29, 0.717) is 0 Å². The van der Waals surface area contributed by atoms with Crippen molar-refractivity contribution in [3.05, 3.63) is 22.6 Å². The maximum absolute atomic E-state index is 10.2. The van der Waals surface area contributed by atoms with E-state index in [-0.39, 0.29) is 11.5 Å². The number of hydrazine groups is 1. The zero-order chi connectivity index (χ0) is 8.27. The molecule has 0 saturated heterocycles. The SMILES string of the molecule is NNc1ncncc1[N+](=O)[O-]. The third-order valence-electron chi connectivity index (χ3n) is 1.03. The summed E-state index contributed by atoms with van der Waals surface area (Å²) >= 11 is 0. The molecule has 0 aromatic carbocycles. The van der Waals surface area contributed by atoms with Crippen LogP contribution in [-0.4, -0.2) is 14.9 Å². The van der Waals surface area contributed by atoms with Gasteiger partial charge in [-0.15, -0.1) is 0 Å². The maximum atomic E-state index is 10.2. The summed E-state index contributed by atoms with van der Waals surface area (Å²) in [6, 6.07) is 0. The van der Waals surface area contributed by atoms with Crippen molar-refractivity contribution in [1.82, 2.24) is 9.97 Å². The second-order valence-corrected chi connectivity index (χ2v) is 1.66. The van der Waals surface area contributed by atoms with Crippen LogP contribution in [0.4, 0.5) is 11.5 Å². The van der Waals surface area contributed by atoms with Gasteiger partial charge in [0.15, 0.2) is 0 Å². The minimum Gasteiger partial charge on any atom is -0.303 e. The number of anilines is 1. The molecule has 1 aromatic rings. The molecule has 0 saturated carbocycles. The number of nitrogens with one attached hydrogen (secondary N) is 1. The molecule has 0 atom stereocenters. The lowest BCUT2D eigenvalue weighted by Crippen LogP contribution is -2.10. The molecule has 0 aliphatic rings. The van der Waals surface area contributed by atoms with Crippen molar-refractivity contribution in [2.24, 2.45) is 5.84 Å². The van der Waals surface area contributed by atoms with Gasteiger partial charge in [0.05, 0.1) is 4.92 Å². The Morgan fingerprint density at radius 3 is 2.91 bits per heavy atom. The molecular formula is C4H5N5O2. The molecular weight excluding hydrogens is 150 g/mol. The number of rotatable bonds is 2. The summed E-state index contributed by atoms with van der Waals surface area (Å²) in [5, 5.41) is 10.2. The normalized spacial score (nSPS) is 9.18. The van der Waals surface area contributed by atoms with Gasteiger partial charge in [-0.3, -0.25) is 10.1 Å². The van der Waals surface area contributed by atoms with Gasteiger partial charge in [0.1, 0.15) is 12.5 Å². The highest BCUT2D eigenvalue weighted by atomic mass is 16.6. The van der Waals surface area contributed by atoms with E-state index in [2.05, 4.69) is 15.4 Å². The topological polar surface area (TPSA) is 107 Å². The van der Waals surface area contributed by atoms with Gasteiger partial charge in [-0.05, 0) is 0 Å². The molecule has 1 aromatic heterocycles. The Morgan fingerprint density at radius 1 is 1.73 bits per heavy atom. The van der Waals surface area contributed by atoms with E-state index in [1.54, 1.807) is 0 Å². The molecule has 0 radical (unpaired) electrons. The van der Waals surface area contributed by atoms with Crippen molar-refractivity contribution >= 4 is 11.5 Å². The van der Waals surface area contributed by atoms with E-state index in [0.717, 1.165) is 6.20 Å². The smallest absolute Gasteiger partial charge is 0.303 e. The predicted molar refractivity (Wildman–Crippen MR) is 36.5 cm³/mol. The zero-order valence-electron chi connectivity index (χ0n) is 5.39. The van der Waals surface area contributed by atoms with Crippen molar-refractivity contribution in [3.8, 4) is 0 Å². The highest BCUT2D eigenvalue weighted by molar-refractivity contribution is 5.52. The van der Waals surface area contributed by atoms with Gasteiger partial charge in [0.25, 0.3) is 0 Å². The Kier molecular flexibility index (Phi) is 1.93. The minimum atomic E-state index is -0.616. The lowest BCUT2D eigenvalue weighted by Gasteiger charge is -1.96. The lowest BCUT2D eigenvalue weighted by molar-refractivity contribution is -0.384. The second kappa shape index (κ2) is 2.88. The quantitative estimate of drug-likeness (QED) is 0.344. The van der Waals surface area contributed by atoms with Crippen molar-refractivity contribution in [2.45, 2.75) is 0 Å². The van der Waals surface area contributed by atoms with Crippen LogP contribution in [0.1, 0.15) is 0 Å². The first kappa shape index (κ1) is 7.35. The fourth-order valence-corrected chi connectivity index (χ4v) is 0.567. The minimum absolute atomic E-state index is 0.00463. The van der Waals surface area contributed by atoms with Gasteiger partial charge in [0, 0.05) is 0 Å². The number of aromatic nitrogens is 2.